The number of amides is 4. The minimum absolute atomic E-state index is 0.00287. The van der Waals surface area contributed by atoms with Crippen molar-refractivity contribution in [2.24, 2.45) is 0 Å². The molecule has 32 heteroatoms. The summed E-state index contributed by atoms with van der Waals surface area (Å²) < 4.78 is 125. The summed E-state index contributed by atoms with van der Waals surface area (Å²) in [6.07, 6.45) is -7.21. The van der Waals surface area contributed by atoms with E-state index in [1.165, 1.54) is 24.3 Å². The van der Waals surface area contributed by atoms with E-state index in [1.807, 2.05) is 13.8 Å². The number of nitrogens with one attached hydrogen (secondary N) is 2. The molecule has 0 spiro atoms. The molecule has 4 amide bonds. The van der Waals surface area contributed by atoms with E-state index in [2.05, 4.69) is 34.3 Å². The molecule has 0 bridgehead atoms. The van der Waals surface area contributed by atoms with Gasteiger partial charge in [-0.3, -0.25) is 13.2 Å². The quantitative estimate of drug-likeness (QED) is 0.0567. The molecule has 492 valence electrons. The van der Waals surface area contributed by atoms with Gasteiger partial charge in [0.2, 0.25) is 0 Å². The van der Waals surface area contributed by atoms with Crippen LogP contribution in [0.1, 0.15) is 92.7 Å². The third-order valence-corrected chi connectivity index (χ3v) is 13.5. The summed E-state index contributed by atoms with van der Waals surface area (Å²) in [5, 5.41) is 4.62. The first-order chi connectivity index (χ1) is 40.3. The van der Waals surface area contributed by atoms with Gasteiger partial charge >= 0.3 is 48.1 Å². The normalized spacial score (nSPS) is 15.6. The third-order valence-electron chi connectivity index (χ3n) is 10.8. The Balaban J connectivity index is 0.000000664. The summed E-state index contributed by atoms with van der Waals surface area (Å²) in [5.41, 5.74) is -0.676. The van der Waals surface area contributed by atoms with Gasteiger partial charge in [0.1, 0.15) is 47.7 Å². The van der Waals surface area contributed by atoms with Crippen molar-refractivity contribution in [2.75, 3.05) is 75.3 Å². The Bertz CT molecular complexity index is 2820. The SMILES string of the molecule is COC(=O)C(CC(OCCOS(=O)(=O)c1ccc(C)cc1)C(=O)OC)NC(=O)OC(C)(C)C.COC(=O)C(CC(OCC[18F])C(=O)OC)NC(=O)OC(C)(C)C.COC(=O)C1CC(OCCOS(=O)(=O)c2ccc(C)cc2)C(=O)N1C(=O)OC(C)(C)C. The number of hydrogen-bond donors (Lipinski definition) is 2. The van der Waals surface area contributed by atoms with Crippen LogP contribution in [0.5, 0.6) is 0 Å². The second-order valence-corrected chi connectivity index (χ2v) is 24.6. The first-order valence-electron chi connectivity index (χ1n) is 26.6. The first-order valence-corrected chi connectivity index (χ1v) is 29.4. The number of likely N-dealkylation sites (tertiary alicyclic amines) is 1. The summed E-state index contributed by atoms with van der Waals surface area (Å²) in [6, 6.07) is 8.51. The number of benzene rings is 2. The molecule has 2 aromatic carbocycles. The van der Waals surface area contributed by atoms with Crippen molar-refractivity contribution >= 4 is 74.3 Å². The fourth-order valence-corrected chi connectivity index (χ4v) is 8.68. The summed E-state index contributed by atoms with van der Waals surface area (Å²) >= 11 is 0. The fourth-order valence-electron chi connectivity index (χ4n) is 6.89. The number of aryl methyl sites for hydroxylation is 2. The van der Waals surface area contributed by atoms with Crippen molar-refractivity contribution in [3.8, 4) is 0 Å². The minimum atomic E-state index is -4.02. The highest BCUT2D eigenvalue weighted by Crippen LogP contribution is 2.26. The number of alkyl carbamates (subject to hydrolysis) is 2. The zero-order valence-electron chi connectivity index (χ0n) is 51.7. The maximum Gasteiger partial charge on any atom is 0.417 e. The summed E-state index contributed by atoms with van der Waals surface area (Å²) in [4.78, 5) is 109. The monoisotopic (exact) mass is 1280 g/mol. The minimum Gasteiger partial charge on any atom is -0.467 e. The predicted molar refractivity (Wildman–Crippen MR) is 301 cm³/mol. The van der Waals surface area contributed by atoms with Gasteiger partial charge in [0.15, 0.2) is 12.2 Å². The maximum atomic E-state index is 12.6. The van der Waals surface area contributed by atoms with E-state index in [1.54, 1.807) is 86.6 Å². The molecular formula is C55H82FN3O26S2. The summed E-state index contributed by atoms with van der Waals surface area (Å²) in [7, 11) is -2.38. The van der Waals surface area contributed by atoms with Crippen LogP contribution in [0.2, 0.25) is 0 Å². The van der Waals surface area contributed by atoms with Crippen LogP contribution in [-0.2, 0) is 109 Å². The van der Waals surface area contributed by atoms with Crippen molar-refractivity contribution in [2.45, 2.75) is 158 Å². The van der Waals surface area contributed by atoms with E-state index in [-0.39, 0.29) is 55.5 Å². The van der Waals surface area contributed by atoms with Gasteiger partial charge in [-0.25, -0.2) is 47.6 Å². The Morgan fingerprint density at radius 1 is 0.540 bits per heavy atom. The molecule has 1 aliphatic heterocycles. The molecule has 1 aliphatic rings. The van der Waals surface area contributed by atoms with E-state index < -0.39 is 141 Å². The van der Waals surface area contributed by atoms with Crippen LogP contribution >= 0.6 is 0 Å². The number of esters is 5. The average molecular weight is 1280 g/mol. The molecule has 3 rings (SSSR count). The number of hydrogen-bond acceptors (Lipinski definition) is 26. The molecule has 1 heterocycles. The van der Waals surface area contributed by atoms with Crippen molar-refractivity contribution in [3.05, 3.63) is 59.7 Å². The van der Waals surface area contributed by atoms with E-state index in [4.69, 9.17) is 36.8 Å². The van der Waals surface area contributed by atoms with Gasteiger partial charge < -0.3 is 62.7 Å². The van der Waals surface area contributed by atoms with Crippen molar-refractivity contribution < 1.29 is 125 Å². The first kappa shape index (κ1) is 77.9. The van der Waals surface area contributed by atoms with Gasteiger partial charge in [-0.2, -0.15) is 16.8 Å². The molecule has 6 unspecified atom stereocenters. The Kier molecular flexibility index (Phi) is 32.5. The summed E-state index contributed by atoms with van der Waals surface area (Å²) in [5.74, 6) is -4.82. The Morgan fingerprint density at radius 3 is 1.25 bits per heavy atom. The number of carbonyl (C=O) groups excluding carboxylic acids is 9. The lowest BCUT2D eigenvalue weighted by Gasteiger charge is -2.26. The van der Waals surface area contributed by atoms with E-state index in [9.17, 15) is 64.4 Å². The number of rotatable bonds is 26. The fraction of sp³-hybridized carbons (Fsp3) is 0.618. The number of halogens is 1. The van der Waals surface area contributed by atoms with Gasteiger partial charge in [0.05, 0.1) is 78.4 Å². The number of alkyl halides is 1. The molecule has 0 radical (unpaired) electrons. The van der Waals surface area contributed by atoms with Crippen LogP contribution < -0.4 is 10.6 Å². The number of methoxy groups -OCH3 is 5. The van der Waals surface area contributed by atoms with Crippen molar-refractivity contribution in [1.29, 1.82) is 0 Å². The zero-order chi connectivity index (χ0) is 66.7. The molecule has 2 aromatic rings. The van der Waals surface area contributed by atoms with Gasteiger partial charge in [-0.1, -0.05) is 35.4 Å². The Hall–Kier alpha value is -7.10. The third kappa shape index (κ3) is 29.4. The Morgan fingerprint density at radius 2 is 0.908 bits per heavy atom. The molecule has 0 saturated carbocycles. The maximum absolute atomic E-state index is 12.6. The number of ether oxygens (including phenoxy) is 11. The highest BCUT2D eigenvalue weighted by molar-refractivity contribution is 7.87. The number of imide groups is 1. The topological polar surface area (TPSA) is 369 Å². The van der Waals surface area contributed by atoms with Crippen molar-refractivity contribution in [1.82, 2.24) is 15.5 Å². The molecule has 1 saturated heterocycles. The highest BCUT2D eigenvalue weighted by atomic mass is 32.2. The molecular weight excluding hydrogens is 1200 g/mol. The number of nitrogens with zero attached hydrogens (tertiary/aromatic N) is 1. The lowest BCUT2D eigenvalue weighted by atomic mass is 10.1. The van der Waals surface area contributed by atoms with E-state index in [0.29, 0.717) is 4.90 Å². The van der Waals surface area contributed by atoms with Crippen LogP contribution in [0.25, 0.3) is 0 Å². The Labute approximate surface area is 506 Å². The second-order valence-electron chi connectivity index (χ2n) is 21.4. The molecule has 6 atom stereocenters. The number of carbonyl (C=O) groups is 9. The molecule has 87 heavy (non-hydrogen) atoms. The molecule has 29 nitrogen and oxygen atoms in total. The molecule has 2 N–H and O–H groups in total. The summed E-state index contributed by atoms with van der Waals surface area (Å²) in [6.45, 7) is 15.9. The zero-order valence-corrected chi connectivity index (χ0v) is 53.3. The lowest BCUT2D eigenvalue weighted by Crippen LogP contribution is -2.47. The van der Waals surface area contributed by atoms with Gasteiger partial charge in [0.25, 0.3) is 26.1 Å². The largest absolute Gasteiger partial charge is 0.467 e. The van der Waals surface area contributed by atoms with Crippen LogP contribution in [0.15, 0.2) is 58.3 Å². The molecule has 0 aliphatic carbocycles. The van der Waals surface area contributed by atoms with Crippen LogP contribution in [0.3, 0.4) is 0 Å². The van der Waals surface area contributed by atoms with Gasteiger partial charge in [-0.15, -0.1) is 0 Å². The lowest BCUT2D eigenvalue weighted by molar-refractivity contribution is -0.158. The van der Waals surface area contributed by atoms with Crippen LogP contribution in [-0.4, -0.2) is 204 Å². The second kappa shape index (κ2) is 36.3. The average Bonchev–Trinajstić information content (AvgIpc) is 2.05. The van der Waals surface area contributed by atoms with Crippen molar-refractivity contribution in [3.63, 3.8) is 0 Å². The predicted octanol–water partition coefficient (Wildman–Crippen LogP) is 4.48. The van der Waals surface area contributed by atoms with Crippen LogP contribution in [0, 0.1) is 13.8 Å². The highest BCUT2D eigenvalue weighted by Gasteiger charge is 2.49. The van der Waals surface area contributed by atoms with E-state index >= 15 is 0 Å². The van der Waals surface area contributed by atoms with E-state index in [0.717, 1.165) is 46.7 Å². The van der Waals surface area contributed by atoms with Gasteiger partial charge in [-0.05, 0) is 100 Å². The molecule has 0 aromatic heterocycles. The molecule has 1 fully saturated rings. The van der Waals surface area contributed by atoms with Crippen LogP contribution in [0.4, 0.5) is 18.8 Å². The van der Waals surface area contributed by atoms with Gasteiger partial charge in [0, 0.05) is 19.3 Å². The smallest absolute Gasteiger partial charge is 0.417 e. The standard InChI is InChI=1S/C21H31NO10S.C20H27NO9S.C14H24FNO7/c1-14-7-9-15(10-8-14)33(26,27)31-12-11-30-17(19(24)29-6)13-16(18(23)28-5)22-20(25)32-21(2,3)4;1-13-6-8-14(9-7-13)31(25,26)29-11-10-28-16-12-15(18(23)27-5)21(17(16)22)19(24)30-20(2,3)4;1-14(2,3)23-13(19)16-9(11(17)20-4)8-10(12(18)21-5)22-7-6-15/h7-10,16-17H,11-13H2,1-6H3,(H,22,25);6-9,15-16H,10-12H2,1-5H3;9-10H,6-8H2,1-5H3,(H,16,19)/i;;15-1.